The molecule has 0 amide bonds. The topological polar surface area (TPSA) is 68.5 Å². The van der Waals surface area contributed by atoms with Crippen LogP contribution >= 0.6 is 11.6 Å². The highest BCUT2D eigenvalue weighted by Crippen LogP contribution is 2.30. The summed E-state index contributed by atoms with van der Waals surface area (Å²) in [5.41, 5.74) is 0.876. The first-order valence-electron chi connectivity index (χ1n) is 8.21. The molecule has 3 heterocycles. The largest absolute Gasteiger partial charge is 0.464 e. The zero-order valence-electron chi connectivity index (χ0n) is 13.2. The Morgan fingerprint density at radius 1 is 1.21 bits per heavy atom. The van der Waals surface area contributed by atoms with Gasteiger partial charge in [0.05, 0.1) is 12.5 Å². The van der Waals surface area contributed by atoms with Crippen molar-refractivity contribution in [1.29, 1.82) is 0 Å². The van der Waals surface area contributed by atoms with Gasteiger partial charge in [-0.1, -0.05) is 16.8 Å². The average molecular weight is 348 g/mol. The molecule has 0 bridgehead atoms. The van der Waals surface area contributed by atoms with E-state index in [1.54, 1.807) is 12.1 Å². The van der Waals surface area contributed by atoms with Crippen molar-refractivity contribution in [2.24, 2.45) is 0 Å². The number of rotatable bonds is 3. The Labute approximate surface area is 144 Å². The lowest BCUT2D eigenvalue weighted by molar-refractivity contribution is -0.142. The molecular weight excluding hydrogens is 330 g/mol. The molecule has 7 heteroatoms. The summed E-state index contributed by atoms with van der Waals surface area (Å²) in [5.74, 6) is 1.25. The highest BCUT2D eigenvalue weighted by molar-refractivity contribution is 6.30. The summed E-state index contributed by atoms with van der Waals surface area (Å²) in [7, 11) is 0. The third-order valence-corrected chi connectivity index (χ3v) is 4.95. The minimum absolute atomic E-state index is 0.108. The normalized spacial score (nSPS) is 25.0. The molecule has 0 unspecified atom stereocenters. The predicted molar refractivity (Wildman–Crippen MR) is 87.7 cm³/mol. The minimum Gasteiger partial charge on any atom is -0.464 e. The van der Waals surface area contributed by atoms with Crippen molar-refractivity contribution >= 4 is 17.6 Å². The van der Waals surface area contributed by atoms with Crippen LogP contribution in [0, 0.1) is 0 Å². The Bertz CT molecular complexity index is 731. The summed E-state index contributed by atoms with van der Waals surface area (Å²) in [6.07, 6.45) is 2.76. The molecule has 2 fully saturated rings. The molecule has 126 valence electrons. The van der Waals surface area contributed by atoms with Crippen LogP contribution in [-0.2, 0) is 9.53 Å². The molecule has 2 aliphatic rings. The number of hydrogen-bond donors (Lipinski definition) is 0. The van der Waals surface area contributed by atoms with E-state index in [4.69, 9.17) is 20.9 Å². The van der Waals surface area contributed by atoms with Crippen molar-refractivity contribution in [3.63, 3.8) is 0 Å². The fourth-order valence-electron chi connectivity index (χ4n) is 3.43. The quantitative estimate of drug-likeness (QED) is 0.795. The maximum absolute atomic E-state index is 11.8. The zero-order chi connectivity index (χ0) is 16.5. The molecule has 0 aliphatic carbocycles. The number of piperidine rings is 1. The smallest absolute Gasteiger partial charge is 0.323 e. The molecule has 2 aliphatic heterocycles. The molecule has 2 atom stereocenters. The van der Waals surface area contributed by atoms with Gasteiger partial charge in [-0.25, -0.2) is 0 Å². The molecule has 24 heavy (non-hydrogen) atoms. The van der Waals surface area contributed by atoms with Gasteiger partial charge in [-0.3, -0.25) is 9.69 Å². The number of nitrogens with zero attached hydrogens (tertiary/aromatic N) is 3. The fraction of sp³-hybridized carbons (Fsp3) is 0.471. The van der Waals surface area contributed by atoms with Crippen molar-refractivity contribution in [2.45, 2.75) is 31.2 Å². The lowest BCUT2D eigenvalue weighted by atomic mass is 9.96. The predicted octanol–water partition coefficient (Wildman–Crippen LogP) is 2.88. The second-order valence-electron chi connectivity index (χ2n) is 6.27. The SMILES string of the molecule is O=C1OCC[C@H]1N1CCC[C@H](c2nc(-c3ccc(Cl)cc3)no2)C1. The maximum Gasteiger partial charge on any atom is 0.323 e. The number of likely N-dealkylation sites (tertiary alicyclic amines) is 1. The Morgan fingerprint density at radius 3 is 2.79 bits per heavy atom. The van der Waals surface area contributed by atoms with Gasteiger partial charge < -0.3 is 9.26 Å². The first kappa shape index (κ1) is 15.6. The van der Waals surface area contributed by atoms with Crippen LogP contribution < -0.4 is 0 Å². The molecule has 4 rings (SSSR count). The number of benzene rings is 1. The van der Waals surface area contributed by atoms with Crippen LogP contribution in [0.2, 0.25) is 5.02 Å². The van der Waals surface area contributed by atoms with Crippen molar-refractivity contribution in [1.82, 2.24) is 15.0 Å². The lowest BCUT2D eigenvalue weighted by Crippen LogP contribution is -2.44. The van der Waals surface area contributed by atoms with Crippen LogP contribution in [0.15, 0.2) is 28.8 Å². The number of carbonyl (C=O) groups is 1. The molecule has 0 radical (unpaired) electrons. The molecule has 0 spiro atoms. The number of carbonyl (C=O) groups excluding carboxylic acids is 1. The van der Waals surface area contributed by atoms with Crippen molar-refractivity contribution in [3.8, 4) is 11.4 Å². The Morgan fingerprint density at radius 2 is 2.04 bits per heavy atom. The summed E-state index contributed by atoms with van der Waals surface area (Å²) in [6, 6.07) is 7.24. The molecule has 2 aromatic rings. The van der Waals surface area contributed by atoms with Crippen LogP contribution in [0.5, 0.6) is 0 Å². The highest BCUT2D eigenvalue weighted by Gasteiger charge is 2.36. The van der Waals surface area contributed by atoms with E-state index in [9.17, 15) is 4.79 Å². The second-order valence-corrected chi connectivity index (χ2v) is 6.71. The van der Waals surface area contributed by atoms with Gasteiger partial charge in [-0.2, -0.15) is 4.98 Å². The highest BCUT2D eigenvalue weighted by atomic mass is 35.5. The zero-order valence-corrected chi connectivity index (χ0v) is 13.9. The first-order chi connectivity index (χ1) is 11.7. The third-order valence-electron chi connectivity index (χ3n) is 4.69. The van der Waals surface area contributed by atoms with E-state index in [1.807, 2.05) is 12.1 Å². The first-order valence-corrected chi connectivity index (χ1v) is 8.59. The van der Waals surface area contributed by atoms with Gasteiger partial charge in [0, 0.05) is 23.6 Å². The minimum atomic E-state index is -0.119. The van der Waals surface area contributed by atoms with Crippen LogP contribution in [0.3, 0.4) is 0 Å². The summed E-state index contributed by atoms with van der Waals surface area (Å²) in [5, 5.41) is 4.76. The Hall–Kier alpha value is -1.92. The van der Waals surface area contributed by atoms with E-state index in [-0.39, 0.29) is 17.9 Å². The van der Waals surface area contributed by atoms with Crippen molar-refractivity contribution in [2.75, 3.05) is 19.7 Å². The van der Waals surface area contributed by atoms with E-state index in [0.717, 1.165) is 37.9 Å². The van der Waals surface area contributed by atoms with Gasteiger partial charge in [0.2, 0.25) is 11.7 Å². The third kappa shape index (κ3) is 3.03. The van der Waals surface area contributed by atoms with E-state index in [0.29, 0.717) is 23.3 Å². The van der Waals surface area contributed by atoms with Crippen LogP contribution in [-0.4, -0.2) is 46.7 Å². The lowest BCUT2D eigenvalue weighted by Gasteiger charge is -2.33. The fourth-order valence-corrected chi connectivity index (χ4v) is 3.55. The van der Waals surface area contributed by atoms with Gasteiger partial charge in [-0.05, 0) is 43.7 Å². The summed E-state index contributed by atoms with van der Waals surface area (Å²) in [6.45, 7) is 2.18. The van der Waals surface area contributed by atoms with Gasteiger partial charge in [0.15, 0.2) is 0 Å². The van der Waals surface area contributed by atoms with Gasteiger partial charge in [-0.15, -0.1) is 0 Å². The molecule has 1 aromatic heterocycles. The number of halogens is 1. The standard InChI is InChI=1S/C17H18ClN3O3/c18-13-5-3-11(4-6-13)15-19-16(24-20-15)12-2-1-8-21(10-12)14-7-9-23-17(14)22/h3-6,12,14H,1-2,7-10H2/t12-,14+/m0/s1. The second kappa shape index (κ2) is 6.53. The monoisotopic (exact) mass is 347 g/mol. The molecule has 0 saturated carbocycles. The maximum atomic E-state index is 11.8. The van der Waals surface area contributed by atoms with E-state index in [2.05, 4.69) is 15.0 Å². The van der Waals surface area contributed by atoms with Crippen molar-refractivity contribution < 1.29 is 14.1 Å². The van der Waals surface area contributed by atoms with Crippen molar-refractivity contribution in [3.05, 3.63) is 35.2 Å². The van der Waals surface area contributed by atoms with E-state index >= 15 is 0 Å². The Kier molecular flexibility index (Phi) is 4.24. The number of ether oxygens (including phenoxy) is 1. The molecule has 6 nitrogen and oxygen atoms in total. The van der Waals surface area contributed by atoms with Crippen LogP contribution in [0.25, 0.3) is 11.4 Å². The number of aromatic nitrogens is 2. The average Bonchev–Trinajstić information content (AvgIpc) is 3.25. The van der Waals surface area contributed by atoms with Gasteiger partial charge >= 0.3 is 5.97 Å². The number of cyclic esters (lactones) is 1. The molecular formula is C17H18ClN3O3. The summed E-state index contributed by atoms with van der Waals surface area (Å²) in [4.78, 5) is 18.5. The number of esters is 1. The van der Waals surface area contributed by atoms with Gasteiger partial charge in [0.25, 0.3) is 0 Å². The molecule has 0 N–H and O–H groups in total. The molecule has 1 aromatic carbocycles. The van der Waals surface area contributed by atoms with E-state index < -0.39 is 0 Å². The Balaban J connectivity index is 1.49. The van der Waals surface area contributed by atoms with Crippen LogP contribution in [0.4, 0.5) is 0 Å². The molecule has 2 saturated heterocycles. The van der Waals surface area contributed by atoms with Crippen LogP contribution in [0.1, 0.15) is 31.1 Å². The van der Waals surface area contributed by atoms with E-state index in [1.165, 1.54) is 0 Å². The van der Waals surface area contributed by atoms with Gasteiger partial charge in [0.1, 0.15) is 6.04 Å². The summed E-state index contributed by atoms with van der Waals surface area (Å²) >= 11 is 5.91. The summed E-state index contributed by atoms with van der Waals surface area (Å²) < 4.78 is 10.6. The number of hydrogen-bond acceptors (Lipinski definition) is 6.